The zero-order chi connectivity index (χ0) is 33.2. The molecule has 0 radical (unpaired) electrons. The van der Waals surface area contributed by atoms with Gasteiger partial charge in [-0.3, -0.25) is 4.79 Å². The molecule has 1 amide bonds. The Labute approximate surface area is 282 Å². The molecule has 0 aliphatic rings. The van der Waals surface area contributed by atoms with E-state index in [0.29, 0.717) is 6.42 Å². The number of carbonyl (C=O) groups is 1. The van der Waals surface area contributed by atoms with Gasteiger partial charge in [-0.25, -0.2) is 0 Å². The molecule has 0 heterocycles. The fourth-order valence-electron chi connectivity index (χ4n) is 6.25. The minimum absolute atomic E-state index is 0.0626. The minimum atomic E-state index is -0.834. The lowest BCUT2D eigenvalue weighted by Gasteiger charge is -2.20. The normalized spacial score (nSPS) is 13.3. The maximum atomic E-state index is 12.3. The number of hydrogen-bond donors (Lipinski definition) is 3. The smallest absolute Gasteiger partial charge is 0.220 e. The summed E-state index contributed by atoms with van der Waals surface area (Å²) in [5.41, 5.74) is 0. The average Bonchev–Trinajstić information content (AvgIpc) is 3.01. The first-order chi connectivity index (χ1) is 21.9. The van der Waals surface area contributed by atoms with Crippen LogP contribution in [0.3, 0.4) is 0 Å². The molecule has 4 nitrogen and oxygen atoms in total. The maximum absolute atomic E-state index is 12.3. The number of hydrogen-bond acceptors (Lipinski definition) is 3. The van der Waals surface area contributed by atoms with Crippen LogP contribution in [0.15, 0.2) is 12.2 Å². The third-order valence-electron chi connectivity index (χ3n) is 9.38. The topological polar surface area (TPSA) is 69.6 Å². The van der Waals surface area contributed by atoms with Gasteiger partial charge in [0, 0.05) is 6.42 Å². The van der Waals surface area contributed by atoms with Crippen molar-refractivity contribution in [3.8, 4) is 0 Å². The van der Waals surface area contributed by atoms with E-state index in [1.54, 1.807) is 6.08 Å². The van der Waals surface area contributed by atoms with Crippen LogP contribution in [0.1, 0.15) is 214 Å². The zero-order valence-electron chi connectivity index (χ0n) is 31.0. The van der Waals surface area contributed by atoms with Crippen LogP contribution in [0.2, 0.25) is 0 Å². The van der Waals surface area contributed by atoms with Crippen molar-refractivity contribution in [1.29, 1.82) is 0 Å². The Balaban J connectivity index is 3.54. The lowest BCUT2D eigenvalue weighted by molar-refractivity contribution is -0.123. The van der Waals surface area contributed by atoms with Gasteiger partial charge in [-0.1, -0.05) is 200 Å². The molecule has 0 aromatic rings. The van der Waals surface area contributed by atoms with Crippen molar-refractivity contribution in [2.45, 2.75) is 226 Å². The van der Waals surface area contributed by atoms with Gasteiger partial charge < -0.3 is 15.5 Å². The monoisotopic (exact) mass is 636 g/mol. The maximum Gasteiger partial charge on any atom is 0.220 e. The second-order valence-electron chi connectivity index (χ2n) is 15.0. The van der Waals surface area contributed by atoms with Crippen molar-refractivity contribution in [1.82, 2.24) is 5.32 Å². The van der Waals surface area contributed by atoms with Crippen molar-refractivity contribution in [2.24, 2.45) is 11.8 Å². The molecule has 0 unspecified atom stereocenters. The Hall–Kier alpha value is -0.870. The van der Waals surface area contributed by atoms with Crippen LogP contribution < -0.4 is 5.32 Å². The van der Waals surface area contributed by atoms with Gasteiger partial charge in [0.05, 0.1) is 18.8 Å². The van der Waals surface area contributed by atoms with Crippen LogP contribution in [-0.2, 0) is 4.79 Å². The number of aliphatic hydroxyl groups is 2. The Kier molecular flexibility index (Phi) is 33.8. The number of rotatable bonds is 35. The molecule has 0 fully saturated rings. The van der Waals surface area contributed by atoms with E-state index in [1.165, 1.54) is 154 Å². The summed E-state index contributed by atoms with van der Waals surface area (Å²) < 4.78 is 0. The van der Waals surface area contributed by atoms with Crippen molar-refractivity contribution >= 4 is 5.91 Å². The molecular weight excluding hydrogens is 554 g/mol. The van der Waals surface area contributed by atoms with E-state index in [1.807, 2.05) is 6.08 Å². The Morgan fingerprint density at radius 1 is 0.533 bits per heavy atom. The number of unbranched alkanes of at least 4 members (excludes halogenated alkanes) is 24. The quantitative estimate of drug-likeness (QED) is 0.0479. The number of allylic oxidation sites excluding steroid dienone is 1. The zero-order valence-corrected chi connectivity index (χ0v) is 31.0. The summed E-state index contributed by atoms with van der Waals surface area (Å²) in [7, 11) is 0. The molecule has 3 N–H and O–H groups in total. The highest BCUT2D eigenvalue weighted by Gasteiger charge is 2.17. The lowest BCUT2D eigenvalue weighted by atomic mass is 10.0. The molecule has 0 saturated heterocycles. The van der Waals surface area contributed by atoms with Crippen LogP contribution in [0, 0.1) is 11.8 Å². The van der Waals surface area contributed by atoms with Crippen LogP contribution in [-0.4, -0.2) is 34.9 Å². The molecule has 0 bridgehead atoms. The van der Waals surface area contributed by atoms with E-state index in [4.69, 9.17) is 0 Å². The predicted octanol–water partition coefficient (Wildman–Crippen LogP) is 12.0. The number of nitrogens with one attached hydrogen (secondary N) is 1. The lowest BCUT2D eigenvalue weighted by Crippen LogP contribution is -2.45. The third-order valence-corrected chi connectivity index (χ3v) is 9.38. The van der Waals surface area contributed by atoms with Gasteiger partial charge in [-0.2, -0.15) is 0 Å². The molecule has 0 spiro atoms. The van der Waals surface area contributed by atoms with Crippen molar-refractivity contribution in [2.75, 3.05) is 6.61 Å². The van der Waals surface area contributed by atoms with Gasteiger partial charge in [-0.05, 0) is 31.1 Å². The van der Waals surface area contributed by atoms with E-state index in [-0.39, 0.29) is 12.5 Å². The fourth-order valence-corrected chi connectivity index (χ4v) is 6.25. The van der Waals surface area contributed by atoms with E-state index < -0.39 is 12.1 Å². The van der Waals surface area contributed by atoms with Crippen LogP contribution >= 0.6 is 0 Å². The van der Waals surface area contributed by atoms with Crippen LogP contribution in [0.5, 0.6) is 0 Å². The van der Waals surface area contributed by atoms with E-state index in [0.717, 1.165) is 37.5 Å². The fraction of sp³-hybridized carbons (Fsp3) is 0.927. The van der Waals surface area contributed by atoms with Gasteiger partial charge in [0.2, 0.25) is 5.91 Å². The molecule has 0 aliphatic heterocycles. The molecule has 0 rings (SSSR count). The Morgan fingerprint density at radius 2 is 0.867 bits per heavy atom. The van der Waals surface area contributed by atoms with Gasteiger partial charge in [-0.15, -0.1) is 0 Å². The average molecular weight is 636 g/mol. The van der Waals surface area contributed by atoms with Crippen molar-refractivity contribution in [3.05, 3.63) is 12.2 Å². The highest BCUT2D eigenvalue weighted by Crippen LogP contribution is 2.16. The predicted molar refractivity (Wildman–Crippen MR) is 198 cm³/mol. The summed E-state index contributed by atoms with van der Waals surface area (Å²) >= 11 is 0. The Morgan fingerprint density at radius 3 is 1.22 bits per heavy atom. The molecule has 0 aromatic heterocycles. The molecule has 0 aromatic carbocycles. The number of aliphatic hydroxyl groups excluding tert-OH is 2. The molecule has 0 aliphatic carbocycles. The van der Waals surface area contributed by atoms with Crippen molar-refractivity contribution < 1.29 is 15.0 Å². The summed E-state index contributed by atoms with van der Waals surface area (Å²) in [6, 6.07) is -0.617. The first kappa shape index (κ1) is 44.1. The molecule has 2 atom stereocenters. The number of amides is 1. The number of carbonyl (C=O) groups excluding carboxylic acids is 1. The molecule has 268 valence electrons. The minimum Gasteiger partial charge on any atom is -0.394 e. The Bertz CT molecular complexity index is 632. The summed E-state index contributed by atoms with van der Waals surface area (Å²) in [4.78, 5) is 12.3. The van der Waals surface area contributed by atoms with Crippen molar-refractivity contribution in [3.63, 3.8) is 0 Å². The van der Waals surface area contributed by atoms with Crippen LogP contribution in [0.4, 0.5) is 0 Å². The summed E-state index contributed by atoms with van der Waals surface area (Å²) in [6.45, 7) is 9.02. The van der Waals surface area contributed by atoms with E-state index >= 15 is 0 Å². The van der Waals surface area contributed by atoms with E-state index in [9.17, 15) is 15.0 Å². The largest absolute Gasteiger partial charge is 0.394 e. The highest BCUT2D eigenvalue weighted by atomic mass is 16.3. The van der Waals surface area contributed by atoms with Gasteiger partial charge in [0.15, 0.2) is 0 Å². The first-order valence-corrected chi connectivity index (χ1v) is 20.1. The van der Waals surface area contributed by atoms with Crippen LogP contribution in [0.25, 0.3) is 0 Å². The standard InChI is InChI=1S/C41H81NO3/c1-37(2)32-28-24-20-16-12-10-8-6-5-7-9-11-13-19-23-27-31-35-41(45)42-39(36-43)40(44)34-30-26-22-18-15-14-17-21-25-29-33-38(3)4/h30,34,37-40,43-44H,5-29,31-33,35-36H2,1-4H3,(H,42,45)/b34-30+/t39-,40+/m0/s1. The molecule has 4 heteroatoms. The summed E-state index contributed by atoms with van der Waals surface area (Å²) in [5.74, 6) is 1.64. The van der Waals surface area contributed by atoms with E-state index in [2.05, 4.69) is 33.0 Å². The molecule has 0 saturated carbocycles. The molecular formula is C41H81NO3. The second-order valence-corrected chi connectivity index (χ2v) is 15.0. The van der Waals surface area contributed by atoms with Gasteiger partial charge in [0.25, 0.3) is 0 Å². The third kappa shape index (κ3) is 34.3. The summed E-state index contributed by atoms with van der Waals surface area (Å²) in [5, 5.41) is 22.9. The van der Waals surface area contributed by atoms with Gasteiger partial charge >= 0.3 is 0 Å². The highest BCUT2D eigenvalue weighted by molar-refractivity contribution is 5.76. The first-order valence-electron chi connectivity index (χ1n) is 20.1. The van der Waals surface area contributed by atoms with Gasteiger partial charge in [0.1, 0.15) is 0 Å². The second kappa shape index (κ2) is 34.5. The summed E-state index contributed by atoms with van der Waals surface area (Å²) in [6.07, 6.45) is 40.2. The SMILES string of the molecule is CC(C)CCCCCCCCCC/C=C/[C@@H](O)[C@H](CO)NC(=O)CCCCCCCCCCCCCCCCCCCC(C)C. The molecule has 45 heavy (non-hydrogen) atoms.